The van der Waals surface area contributed by atoms with Gasteiger partial charge in [-0.25, -0.2) is 14.6 Å². The molecule has 2 aromatic carbocycles. The molecule has 3 rings (SSSR count). The number of hydrogen-bond donors (Lipinski definition) is 0. The number of carbonyl (C=O) groups is 2. The predicted molar refractivity (Wildman–Crippen MR) is 93.6 cm³/mol. The van der Waals surface area contributed by atoms with Crippen LogP contribution in [-0.4, -0.2) is 24.0 Å². The Balaban J connectivity index is 1.67. The molecular formula is C20H17NO5. The monoisotopic (exact) mass is 351 g/mol. The van der Waals surface area contributed by atoms with Crippen molar-refractivity contribution in [3.05, 3.63) is 77.2 Å². The van der Waals surface area contributed by atoms with Crippen molar-refractivity contribution in [2.75, 3.05) is 7.11 Å². The summed E-state index contributed by atoms with van der Waals surface area (Å²) in [6.45, 7) is 1.73. The van der Waals surface area contributed by atoms with E-state index < -0.39 is 11.9 Å². The van der Waals surface area contributed by atoms with Crippen LogP contribution < -0.4 is 0 Å². The van der Waals surface area contributed by atoms with Crippen molar-refractivity contribution in [1.82, 2.24) is 4.98 Å². The third-order valence-electron chi connectivity index (χ3n) is 3.76. The molecule has 0 saturated heterocycles. The number of aryl methyl sites for hydroxylation is 1. The van der Waals surface area contributed by atoms with Gasteiger partial charge >= 0.3 is 11.9 Å². The van der Waals surface area contributed by atoms with Gasteiger partial charge in [-0.15, -0.1) is 0 Å². The normalized spacial score (nSPS) is 10.4. The lowest BCUT2D eigenvalue weighted by Gasteiger charge is -2.04. The van der Waals surface area contributed by atoms with E-state index in [0.29, 0.717) is 17.2 Å². The van der Waals surface area contributed by atoms with Crippen LogP contribution in [-0.2, 0) is 16.1 Å². The fourth-order valence-electron chi connectivity index (χ4n) is 2.36. The van der Waals surface area contributed by atoms with Crippen LogP contribution in [0.1, 0.15) is 32.2 Å². The summed E-state index contributed by atoms with van der Waals surface area (Å²) in [4.78, 5) is 27.9. The molecule has 0 amide bonds. The summed E-state index contributed by atoms with van der Waals surface area (Å²) in [6.07, 6.45) is 0. The van der Waals surface area contributed by atoms with E-state index in [1.54, 1.807) is 31.2 Å². The highest BCUT2D eigenvalue weighted by Gasteiger charge is 2.19. The minimum absolute atomic E-state index is 0.0628. The van der Waals surface area contributed by atoms with Gasteiger partial charge in [0.25, 0.3) is 0 Å². The standard InChI is InChI=1S/C20H17NO5/c1-13-17(21-18(26-13)15-6-4-3-5-7-15)20(23)25-12-14-8-10-16(11-9-14)19(22)24-2/h3-11H,12H2,1-2H3. The van der Waals surface area contributed by atoms with E-state index >= 15 is 0 Å². The number of rotatable bonds is 5. The molecule has 0 bridgehead atoms. The van der Waals surface area contributed by atoms with Crippen LogP contribution in [0.25, 0.3) is 11.5 Å². The molecule has 1 heterocycles. The second kappa shape index (κ2) is 7.65. The number of hydrogen-bond acceptors (Lipinski definition) is 6. The van der Waals surface area contributed by atoms with Crippen LogP contribution in [0.2, 0.25) is 0 Å². The van der Waals surface area contributed by atoms with Gasteiger partial charge in [-0.1, -0.05) is 30.3 Å². The molecule has 26 heavy (non-hydrogen) atoms. The number of aromatic nitrogens is 1. The van der Waals surface area contributed by atoms with Crippen LogP contribution in [0.5, 0.6) is 0 Å². The number of oxazole rings is 1. The Morgan fingerprint density at radius 3 is 2.35 bits per heavy atom. The zero-order valence-electron chi connectivity index (χ0n) is 14.4. The number of ether oxygens (including phenoxy) is 2. The Bertz CT molecular complexity index is 913. The maximum absolute atomic E-state index is 12.3. The first kappa shape index (κ1) is 17.4. The van der Waals surface area contributed by atoms with E-state index in [9.17, 15) is 9.59 Å². The van der Waals surface area contributed by atoms with Crippen molar-refractivity contribution < 1.29 is 23.5 Å². The molecule has 0 aliphatic heterocycles. The van der Waals surface area contributed by atoms with Gasteiger partial charge in [0, 0.05) is 5.56 Å². The molecule has 0 fully saturated rings. The van der Waals surface area contributed by atoms with Gasteiger partial charge in [0.05, 0.1) is 12.7 Å². The third kappa shape index (κ3) is 3.80. The van der Waals surface area contributed by atoms with E-state index in [2.05, 4.69) is 9.72 Å². The SMILES string of the molecule is COC(=O)c1ccc(COC(=O)c2nc(-c3ccccc3)oc2C)cc1. The van der Waals surface area contributed by atoms with Gasteiger partial charge in [-0.2, -0.15) is 0 Å². The molecule has 3 aromatic rings. The topological polar surface area (TPSA) is 78.6 Å². The molecule has 0 atom stereocenters. The molecule has 0 saturated carbocycles. The highest BCUT2D eigenvalue weighted by atomic mass is 16.5. The summed E-state index contributed by atoms with van der Waals surface area (Å²) in [5.41, 5.74) is 2.11. The van der Waals surface area contributed by atoms with Crippen LogP contribution in [0.4, 0.5) is 0 Å². The second-order valence-corrected chi connectivity index (χ2v) is 5.55. The number of benzene rings is 2. The van der Waals surface area contributed by atoms with E-state index in [1.165, 1.54) is 7.11 Å². The Morgan fingerprint density at radius 1 is 1.00 bits per heavy atom. The fourth-order valence-corrected chi connectivity index (χ4v) is 2.36. The Labute approximate surface area is 150 Å². The van der Waals surface area contributed by atoms with Crippen molar-refractivity contribution in [3.63, 3.8) is 0 Å². The average molecular weight is 351 g/mol. The number of carbonyl (C=O) groups excluding carboxylic acids is 2. The van der Waals surface area contributed by atoms with Crippen molar-refractivity contribution >= 4 is 11.9 Å². The highest BCUT2D eigenvalue weighted by molar-refractivity contribution is 5.89. The molecular weight excluding hydrogens is 334 g/mol. The Morgan fingerprint density at radius 2 is 1.69 bits per heavy atom. The lowest BCUT2D eigenvalue weighted by atomic mass is 10.1. The van der Waals surface area contributed by atoms with Gasteiger partial charge in [-0.3, -0.25) is 0 Å². The molecule has 0 aliphatic rings. The molecule has 1 aromatic heterocycles. The molecule has 0 radical (unpaired) electrons. The van der Waals surface area contributed by atoms with Gasteiger partial charge < -0.3 is 13.9 Å². The fraction of sp³-hybridized carbons (Fsp3) is 0.150. The minimum atomic E-state index is -0.564. The summed E-state index contributed by atoms with van der Waals surface area (Å²) >= 11 is 0. The van der Waals surface area contributed by atoms with Crippen molar-refractivity contribution in [1.29, 1.82) is 0 Å². The van der Waals surface area contributed by atoms with Gasteiger partial charge in [0.1, 0.15) is 12.4 Å². The Kier molecular flexibility index (Phi) is 5.12. The van der Waals surface area contributed by atoms with Crippen LogP contribution in [0, 0.1) is 6.92 Å². The van der Waals surface area contributed by atoms with Crippen LogP contribution in [0.3, 0.4) is 0 Å². The molecule has 6 nitrogen and oxygen atoms in total. The highest BCUT2D eigenvalue weighted by Crippen LogP contribution is 2.22. The quantitative estimate of drug-likeness (QED) is 0.651. The van der Waals surface area contributed by atoms with Crippen LogP contribution in [0.15, 0.2) is 59.0 Å². The van der Waals surface area contributed by atoms with Crippen molar-refractivity contribution in [2.24, 2.45) is 0 Å². The lowest BCUT2D eigenvalue weighted by Crippen LogP contribution is -2.07. The first-order valence-electron chi connectivity index (χ1n) is 7.95. The van der Waals surface area contributed by atoms with Crippen molar-refractivity contribution in [2.45, 2.75) is 13.5 Å². The van der Waals surface area contributed by atoms with Gasteiger partial charge in [0.2, 0.25) is 5.89 Å². The largest absolute Gasteiger partial charge is 0.465 e. The number of methoxy groups -OCH3 is 1. The number of esters is 2. The van der Waals surface area contributed by atoms with E-state index in [0.717, 1.165) is 11.1 Å². The van der Waals surface area contributed by atoms with Gasteiger partial charge in [0.15, 0.2) is 5.69 Å². The van der Waals surface area contributed by atoms with E-state index in [1.807, 2.05) is 30.3 Å². The lowest BCUT2D eigenvalue weighted by molar-refractivity contribution is 0.0463. The summed E-state index contributed by atoms with van der Waals surface area (Å²) in [7, 11) is 1.32. The van der Waals surface area contributed by atoms with Gasteiger partial charge in [-0.05, 0) is 36.8 Å². The predicted octanol–water partition coefficient (Wildman–Crippen LogP) is 3.79. The molecule has 6 heteroatoms. The van der Waals surface area contributed by atoms with E-state index in [4.69, 9.17) is 9.15 Å². The van der Waals surface area contributed by atoms with Crippen molar-refractivity contribution in [3.8, 4) is 11.5 Å². The Hall–Kier alpha value is -3.41. The van der Waals surface area contributed by atoms with Crippen LogP contribution >= 0.6 is 0 Å². The molecule has 0 N–H and O–H groups in total. The zero-order valence-corrected chi connectivity index (χ0v) is 14.4. The summed E-state index contributed by atoms with van der Waals surface area (Å²) in [6, 6.07) is 15.9. The third-order valence-corrected chi connectivity index (χ3v) is 3.76. The molecule has 132 valence electrons. The molecule has 0 unspecified atom stereocenters. The summed E-state index contributed by atoms with van der Waals surface area (Å²) < 4.78 is 15.5. The average Bonchev–Trinajstić information content (AvgIpc) is 3.08. The maximum atomic E-state index is 12.3. The second-order valence-electron chi connectivity index (χ2n) is 5.55. The smallest absolute Gasteiger partial charge is 0.360 e. The molecule has 0 aliphatic carbocycles. The first-order valence-corrected chi connectivity index (χ1v) is 7.95. The summed E-state index contributed by atoms with van der Waals surface area (Å²) in [5, 5.41) is 0. The zero-order chi connectivity index (χ0) is 18.5. The van der Waals surface area contributed by atoms with E-state index in [-0.39, 0.29) is 12.3 Å². The first-order chi connectivity index (χ1) is 12.6. The number of nitrogens with zero attached hydrogens (tertiary/aromatic N) is 1. The maximum Gasteiger partial charge on any atom is 0.360 e. The minimum Gasteiger partial charge on any atom is -0.465 e. The summed E-state index contributed by atoms with van der Waals surface area (Å²) in [5.74, 6) is -0.210. The molecule has 0 spiro atoms.